The fourth-order valence-electron chi connectivity index (χ4n) is 3.30. The number of nitrogens with zero attached hydrogens (tertiary/aromatic N) is 2. The normalized spacial score (nSPS) is 13.5. The summed E-state index contributed by atoms with van der Waals surface area (Å²) in [7, 11) is 0. The van der Waals surface area contributed by atoms with Crippen molar-refractivity contribution in [2.24, 2.45) is 0 Å². The number of hydrogen-bond donors (Lipinski definition) is 1. The van der Waals surface area contributed by atoms with Crippen LogP contribution < -0.4 is 0 Å². The van der Waals surface area contributed by atoms with E-state index in [0.29, 0.717) is 11.6 Å². The molecule has 3 aromatic carbocycles. The predicted octanol–water partition coefficient (Wildman–Crippen LogP) is 5.95. The second-order valence-electron chi connectivity index (χ2n) is 6.78. The summed E-state index contributed by atoms with van der Waals surface area (Å²) in [4.78, 5) is 6.12. The van der Waals surface area contributed by atoms with Gasteiger partial charge in [-0.25, -0.2) is 4.98 Å². The number of benzene rings is 3. The Morgan fingerprint density at radius 3 is 2.36 bits per heavy atom. The third-order valence-corrected chi connectivity index (χ3v) is 6.02. The number of halogens is 1. The molecule has 0 saturated heterocycles. The first-order valence-electron chi connectivity index (χ1n) is 9.22. The van der Waals surface area contributed by atoms with Crippen LogP contribution in [0.2, 0.25) is 5.02 Å². The molecule has 1 aromatic heterocycles. The first kappa shape index (κ1) is 19.1. The molecule has 2 atom stereocenters. The highest BCUT2D eigenvalue weighted by Gasteiger charge is 2.24. The van der Waals surface area contributed by atoms with Crippen molar-refractivity contribution in [1.29, 1.82) is 0 Å². The van der Waals surface area contributed by atoms with E-state index in [1.807, 2.05) is 54.6 Å². The second-order valence-corrected chi connectivity index (χ2v) is 8.40. The largest absolute Gasteiger partial charge is 0.392 e. The van der Waals surface area contributed by atoms with Gasteiger partial charge in [0.05, 0.1) is 28.9 Å². The monoisotopic (exact) mass is 408 g/mol. The summed E-state index contributed by atoms with van der Waals surface area (Å²) in [5.74, 6) is 0.915. The molecule has 2 unspecified atom stereocenters. The molecule has 1 N–H and O–H groups in total. The van der Waals surface area contributed by atoms with E-state index in [-0.39, 0.29) is 5.25 Å². The van der Waals surface area contributed by atoms with Crippen molar-refractivity contribution >= 4 is 34.4 Å². The Hall–Kier alpha value is -2.27. The summed E-state index contributed by atoms with van der Waals surface area (Å²) in [5.41, 5.74) is 3.00. The molecule has 5 heteroatoms. The third kappa shape index (κ3) is 4.09. The average molecular weight is 409 g/mol. The number of aromatic nitrogens is 2. The van der Waals surface area contributed by atoms with Gasteiger partial charge in [-0.3, -0.25) is 0 Å². The topological polar surface area (TPSA) is 38.0 Å². The molecule has 1 heterocycles. The zero-order chi connectivity index (χ0) is 19.5. The molecule has 142 valence electrons. The van der Waals surface area contributed by atoms with Crippen molar-refractivity contribution in [1.82, 2.24) is 9.55 Å². The van der Waals surface area contributed by atoms with Gasteiger partial charge in [0, 0.05) is 9.92 Å². The van der Waals surface area contributed by atoms with Gasteiger partial charge < -0.3 is 9.67 Å². The number of imidazole rings is 1. The molecule has 0 aliphatic rings. The van der Waals surface area contributed by atoms with E-state index in [1.54, 1.807) is 18.7 Å². The van der Waals surface area contributed by atoms with Crippen LogP contribution in [0.1, 0.15) is 23.6 Å². The first-order chi connectivity index (χ1) is 13.6. The van der Waals surface area contributed by atoms with E-state index in [2.05, 4.69) is 28.8 Å². The Bertz CT molecular complexity index is 1060. The van der Waals surface area contributed by atoms with Crippen LogP contribution in [-0.4, -0.2) is 20.8 Å². The summed E-state index contributed by atoms with van der Waals surface area (Å²) in [6.45, 7) is 2.26. The third-order valence-electron chi connectivity index (χ3n) is 4.52. The van der Waals surface area contributed by atoms with Gasteiger partial charge in [0.25, 0.3) is 0 Å². The lowest BCUT2D eigenvalue weighted by Gasteiger charge is -2.20. The maximum absolute atomic E-state index is 10.1. The van der Waals surface area contributed by atoms with Gasteiger partial charge in [-0.05, 0) is 42.8 Å². The minimum atomic E-state index is -0.492. The van der Waals surface area contributed by atoms with Gasteiger partial charge in [-0.15, -0.1) is 11.8 Å². The molecule has 0 aliphatic heterocycles. The van der Waals surface area contributed by atoms with Crippen molar-refractivity contribution in [3.8, 4) is 0 Å². The van der Waals surface area contributed by atoms with Crippen molar-refractivity contribution in [2.75, 3.05) is 0 Å². The van der Waals surface area contributed by atoms with Crippen LogP contribution in [0.25, 0.3) is 11.0 Å². The van der Waals surface area contributed by atoms with Crippen LogP contribution in [0.15, 0.2) is 83.8 Å². The van der Waals surface area contributed by atoms with Gasteiger partial charge in [0.2, 0.25) is 0 Å². The molecule has 0 saturated carbocycles. The smallest absolute Gasteiger partial charge is 0.128 e. The number of thioether (sulfide) groups is 1. The molecule has 0 bridgehead atoms. The Morgan fingerprint density at radius 2 is 1.68 bits per heavy atom. The molecule has 0 amide bonds. The molecule has 0 radical (unpaired) electrons. The summed E-state index contributed by atoms with van der Waals surface area (Å²) in [6, 6.07) is 26.4. The Morgan fingerprint density at radius 1 is 1.00 bits per heavy atom. The highest BCUT2D eigenvalue weighted by molar-refractivity contribution is 7.99. The van der Waals surface area contributed by atoms with Crippen molar-refractivity contribution in [3.63, 3.8) is 0 Å². The summed E-state index contributed by atoms with van der Waals surface area (Å²) >= 11 is 8.01. The number of hydrogen-bond acceptors (Lipinski definition) is 3. The van der Waals surface area contributed by atoms with Gasteiger partial charge >= 0.3 is 0 Å². The van der Waals surface area contributed by atoms with Crippen LogP contribution in [0, 0.1) is 0 Å². The summed E-state index contributed by atoms with van der Waals surface area (Å²) in [5, 5.41) is 10.8. The number of aliphatic hydroxyl groups excluding tert-OH is 1. The van der Waals surface area contributed by atoms with Crippen LogP contribution in [0.3, 0.4) is 0 Å². The number of aliphatic hydroxyl groups is 1. The molecule has 28 heavy (non-hydrogen) atoms. The molecule has 4 rings (SSSR count). The highest BCUT2D eigenvalue weighted by atomic mass is 35.5. The van der Waals surface area contributed by atoms with E-state index in [9.17, 15) is 5.11 Å². The lowest BCUT2D eigenvalue weighted by molar-refractivity contribution is 0.174. The fraction of sp³-hybridized carbons (Fsp3) is 0.174. The quantitative estimate of drug-likeness (QED) is 0.400. The molecule has 0 spiro atoms. The lowest BCUT2D eigenvalue weighted by Crippen LogP contribution is -2.16. The zero-order valence-electron chi connectivity index (χ0n) is 15.5. The predicted molar refractivity (Wildman–Crippen MR) is 117 cm³/mol. The Balaban J connectivity index is 1.88. The Kier molecular flexibility index (Phi) is 5.72. The van der Waals surface area contributed by atoms with E-state index in [4.69, 9.17) is 16.6 Å². The van der Waals surface area contributed by atoms with Gasteiger partial charge in [0.1, 0.15) is 5.82 Å². The molecule has 3 nitrogen and oxygen atoms in total. The Labute approximate surface area is 174 Å². The van der Waals surface area contributed by atoms with Gasteiger partial charge in [0.15, 0.2) is 0 Å². The number of fused-ring (bicyclic) bond motifs is 1. The van der Waals surface area contributed by atoms with Crippen LogP contribution in [0.4, 0.5) is 0 Å². The van der Waals surface area contributed by atoms with Crippen LogP contribution in [-0.2, 0) is 6.54 Å². The molecule has 0 fully saturated rings. The van der Waals surface area contributed by atoms with Crippen LogP contribution >= 0.6 is 23.4 Å². The van der Waals surface area contributed by atoms with Gasteiger partial charge in [-0.1, -0.05) is 60.1 Å². The van der Waals surface area contributed by atoms with E-state index in [1.165, 1.54) is 10.5 Å². The zero-order valence-corrected chi connectivity index (χ0v) is 17.1. The SMILES string of the molecule is CC(O)Cn1c(C(Sc2ccccc2)c2ccccc2)nc2ccc(Cl)cc21. The number of rotatable bonds is 6. The minimum absolute atomic E-state index is 0.00599. The molecular formula is C23H21ClN2OS. The van der Waals surface area contributed by atoms with Gasteiger partial charge in [-0.2, -0.15) is 0 Å². The molecular weight excluding hydrogens is 388 g/mol. The van der Waals surface area contributed by atoms with E-state index in [0.717, 1.165) is 16.9 Å². The summed E-state index contributed by atoms with van der Waals surface area (Å²) < 4.78 is 2.10. The fourth-order valence-corrected chi connectivity index (χ4v) is 4.63. The maximum Gasteiger partial charge on any atom is 0.128 e. The molecule has 0 aliphatic carbocycles. The maximum atomic E-state index is 10.1. The average Bonchev–Trinajstić information content (AvgIpc) is 3.04. The first-order valence-corrected chi connectivity index (χ1v) is 10.5. The van der Waals surface area contributed by atoms with Crippen LogP contribution in [0.5, 0.6) is 0 Å². The second kappa shape index (κ2) is 8.39. The molecule has 4 aromatic rings. The van der Waals surface area contributed by atoms with E-state index < -0.39 is 6.10 Å². The lowest BCUT2D eigenvalue weighted by atomic mass is 10.1. The van der Waals surface area contributed by atoms with Crippen molar-refractivity contribution in [3.05, 3.63) is 95.3 Å². The standard InChI is InChI=1S/C23H21ClN2OS/c1-16(27)15-26-21-14-18(24)12-13-20(21)25-23(26)22(17-8-4-2-5-9-17)28-19-10-6-3-7-11-19/h2-14,16,22,27H,15H2,1H3. The van der Waals surface area contributed by atoms with Crippen molar-refractivity contribution in [2.45, 2.75) is 29.7 Å². The minimum Gasteiger partial charge on any atom is -0.392 e. The van der Waals surface area contributed by atoms with E-state index >= 15 is 0 Å². The van der Waals surface area contributed by atoms with Crippen molar-refractivity contribution < 1.29 is 5.11 Å². The highest BCUT2D eigenvalue weighted by Crippen LogP contribution is 2.41. The summed E-state index contributed by atoms with van der Waals surface area (Å²) in [6.07, 6.45) is -0.492.